The molecule has 1 atom stereocenters. The van der Waals surface area contributed by atoms with E-state index in [1.165, 1.54) is 0 Å². The summed E-state index contributed by atoms with van der Waals surface area (Å²) in [5, 5.41) is 22.6. The molecular weight excluding hydrogens is 432 g/mol. The van der Waals surface area contributed by atoms with Crippen LogP contribution in [-0.4, -0.2) is 55.9 Å². The Morgan fingerprint density at radius 3 is 2.76 bits per heavy atom. The lowest BCUT2D eigenvalue weighted by Gasteiger charge is -2.22. The number of nitrogens with zero attached hydrogens (tertiary/aromatic N) is 5. The van der Waals surface area contributed by atoms with Crippen LogP contribution in [0.3, 0.4) is 0 Å². The van der Waals surface area contributed by atoms with Crippen LogP contribution < -0.4 is 10.1 Å². The second kappa shape index (κ2) is 10.6. The van der Waals surface area contributed by atoms with Crippen molar-refractivity contribution in [2.45, 2.75) is 45.8 Å². The van der Waals surface area contributed by atoms with E-state index in [9.17, 15) is 9.90 Å². The van der Waals surface area contributed by atoms with Gasteiger partial charge in [0.2, 0.25) is 0 Å². The van der Waals surface area contributed by atoms with Gasteiger partial charge < -0.3 is 19.7 Å². The largest absolute Gasteiger partial charge is 0.504 e. The van der Waals surface area contributed by atoms with Crippen molar-refractivity contribution in [1.29, 1.82) is 0 Å². The first-order valence-corrected chi connectivity index (χ1v) is 11.7. The second-order valence-corrected chi connectivity index (χ2v) is 9.02. The Kier molecular flexibility index (Phi) is 7.42. The van der Waals surface area contributed by atoms with Gasteiger partial charge in [-0.05, 0) is 30.5 Å². The maximum atomic E-state index is 12.9. The third kappa shape index (κ3) is 5.36. The Morgan fingerprint density at radius 2 is 2.03 bits per heavy atom. The van der Waals surface area contributed by atoms with Gasteiger partial charge in [0.25, 0.3) is 5.91 Å². The van der Waals surface area contributed by atoms with Crippen LogP contribution in [0.4, 0.5) is 0 Å². The maximum Gasteiger partial charge on any atom is 0.253 e. The van der Waals surface area contributed by atoms with Gasteiger partial charge in [-0.25, -0.2) is 0 Å². The molecular formula is C25H32N6O3. The number of nitrogens with one attached hydrogen (secondary N) is 1. The van der Waals surface area contributed by atoms with Gasteiger partial charge in [0.1, 0.15) is 5.82 Å². The van der Waals surface area contributed by atoms with Crippen LogP contribution in [-0.2, 0) is 19.5 Å². The monoisotopic (exact) mass is 464 g/mol. The fourth-order valence-electron chi connectivity index (χ4n) is 4.34. The van der Waals surface area contributed by atoms with Crippen LogP contribution >= 0.6 is 0 Å². The minimum absolute atomic E-state index is 0.167. The van der Waals surface area contributed by atoms with Crippen LogP contribution in [0.25, 0.3) is 0 Å². The van der Waals surface area contributed by atoms with E-state index < -0.39 is 0 Å². The van der Waals surface area contributed by atoms with Crippen molar-refractivity contribution in [2.75, 3.05) is 20.2 Å². The zero-order valence-electron chi connectivity index (χ0n) is 19.9. The molecule has 1 aliphatic rings. The van der Waals surface area contributed by atoms with Crippen LogP contribution in [0.15, 0.2) is 42.7 Å². The highest BCUT2D eigenvalue weighted by Gasteiger charge is 2.26. The van der Waals surface area contributed by atoms with Gasteiger partial charge in [-0.2, -0.15) is 0 Å². The van der Waals surface area contributed by atoms with Gasteiger partial charge in [-0.1, -0.05) is 26.0 Å². The summed E-state index contributed by atoms with van der Waals surface area (Å²) in [6, 6.07) is 8.82. The first-order chi connectivity index (χ1) is 16.5. The fourth-order valence-corrected chi connectivity index (χ4v) is 4.34. The molecule has 1 unspecified atom stereocenters. The molecule has 180 valence electrons. The Labute approximate surface area is 199 Å². The number of methoxy groups -OCH3 is 1. The molecule has 4 rings (SSSR count). The zero-order valence-corrected chi connectivity index (χ0v) is 19.9. The van der Waals surface area contributed by atoms with Crippen molar-refractivity contribution in [3.8, 4) is 11.5 Å². The molecule has 0 aliphatic carbocycles. The van der Waals surface area contributed by atoms with Crippen molar-refractivity contribution in [2.24, 2.45) is 5.92 Å². The minimum Gasteiger partial charge on any atom is -0.504 e. The van der Waals surface area contributed by atoms with Crippen molar-refractivity contribution in [3.63, 3.8) is 0 Å². The lowest BCUT2D eigenvalue weighted by molar-refractivity contribution is 0.0928. The Morgan fingerprint density at radius 1 is 1.18 bits per heavy atom. The molecule has 0 saturated heterocycles. The van der Waals surface area contributed by atoms with E-state index in [0.717, 1.165) is 43.1 Å². The van der Waals surface area contributed by atoms with Gasteiger partial charge in [0.05, 0.1) is 18.7 Å². The molecule has 0 fully saturated rings. The summed E-state index contributed by atoms with van der Waals surface area (Å²) in [6.07, 6.45) is 4.71. The predicted molar refractivity (Wildman–Crippen MR) is 128 cm³/mol. The molecule has 3 aromatic rings. The molecule has 1 aromatic carbocycles. The van der Waals surface area contributed by atoms with Gasteiger partial charge >= 0.3 is 0 Å². The van der Waals surface area contributed by atoms with Crippen molar-refractivity contribution in [1.82, 2.24) is 30.0 Å². The maximum absolute atomic E-state index is 12.9. The van der Waals surface area contributed by atoms with Gasteiger partial charge in [-0.3, -0.25) is 14.7 Å². The summed E-state index contributed by atoms with van der Waals surface area (Å²) in [6.45, 7) is 7.16. The van der Waals surface area contributed by atoms with E-state index in [0.29, 0.717) is 30.3 Å². The quantitative estimate of drug-likeness (QED) is 0.528. The minimum atomic E-state index is -0.247. The second-order valence-electron chi connectivity index (χ2n) is 9.02. The number of amides is 1. The third-order valence-electron chi connectivity index (χ3n) is 6.09. The molecule has 0 radical (unpaired) electrons. The first kappa shape index (κ1) is 23.7. The highest BCUT2D eigenvalue weighted by atomic mass is 16.5. The molecule has 9 nitrogen and oxygen atoms in total. The number of ether oxygens (including phenoxy) is 1. The number of para-hydroxylation sites is 1. The van der Waals surface area contributed by atoms with E-state index in [4.69, 9.17) is 4.74 Å². The highest BCUT2D eigenvalue weighted by Crippen LogP contribution is 2.30. The summed E-state index contributed by atoms with van der Waals surface area (Å²) in [5.74, 6) is 2.56. The molecule has 3 heterocycles. The summed E-state index contributed by atoms with van der Waals surface area (Å²) in [7, 11) is 1.55. The van der Waals surface area contributed by atoms with Crippen molar-refractivity contribution in [3.05, 3.63) is 65.5 Å². The smallest absolute Gasteiger partial charge is 0.253 e. The third-order valence-corrected chi connectivity index (χ3v) is 6.09. The first-order valence-electron chi connectivity index (χ1n) is 11.7. The standard InChI is InChI=1S/C25H32N6O3/c1-17(2)14-20(27-25(33)18-7-5-10-26-15-18)24-29-28-22-9-11-30(12-13-31(22)24)16-19-6-4-8-21(34-3)23(19)32/h4-8,10,15,17,20,32H,9,11-14,16H2,1-3H3,(H,27,33). The number of benzene rings is 1. The Balaban J connectivity index is 1.50. The molecule has 2 N–H and O–H groups in total. The molecule has 34 heavy (non-hydrogen) atoms. The number of pyridine rings is 1. The summed E-state index contributed by atoms with van der Waals surface area (Å²) in [4.78, 5) is 19.2. The molecule has 1 aliphatic heterocycles. The van der Waals surface area contributed by atoms with Crippen molar-refractivity contribution < 1.29 is 14.6 Å². The van der Waals surface area contributed by atoms with Crippen LogP contribution in [0, 0.1) is 5.92 Å². The normalized spacial score (nSPS) is 14.9. The summed E-state index contributed by atoms with van der Waals surface area (Å²) in [5.41, 5.74) is 1.36. The molecule has 9 heteroatoms. The summed E-state index contributed by atoms with van der Waals surface area (Å²) < 4.78 is 7.39. The van der Waals surface area contributed by atoms with E-state index >= 15 is 0 Å². The van der Waals surface area contributed by atoms with Gasteiger partial charge in [0.15, 0.2) is 17.3 Å². The molecule has 1 amide bonds. The number of phenols is 1. The molecule has 2 aromatic heterocycles. The number of aromatic hydroxyl groups is 1. The molecule has 0 saturated carbocycles. The van der Waals surface area contributed by atoms with E-state index in [1.807, 2.05) is 12.1 Å². The lowest BCUT2D eigenvalue weighted by atomic mass is 10.0. The van der Waals surface area contributed by atoms with Crippen LogP contribution in [0.5, 0.6) is 11.5 Å². The fraction of sp³-hybridized carbons (Fsp3) is 0.440. The van der Waals surface area contributed by atoms with Gasteiger partial charge in [-0.15, -0.1) is 10.2 Å². The van der Waals surface area contributed by atoms with Crippen LogP contribution in [0.1, 0.15) is 53.9 Å². The average molecular weight is 465 g/mol. The SMILES string of the molecule is COc1cccc(CN2CCc3nnc(C(CC(C)C)NC(=O)c4cccnc4)n3CC2)c1O. The zero-order chi connectivity index (χ0) is 24.1. The number of carbonyl (C=O) groups excluding carboxylic acids is 1. The highest BCUT2D eigenvalue weighted by molar-refractivity contribution is 5.94. The molecule has 0 bridgehead atoms. The topological polar surface area (TPSA) is 105 Å². The number of hydrogen-bond donors (Lipinski definition) is 2. The van der Waals surface area contributed by atoms with E-state index in [1.54, 1.807) is 37.7 Å². The number of fused-ring (bicyclic) bond motifs is 1. The lowest BCUT2D eigenvalue weighted by Crippen LogP contribution is -2.32. The van der Waals surface area contributed by atoms with E-state index in [-0.39, 0.29) is 17.7 Å². The van der Waals surface area contributed by atoms with Gasteiger partial charge in [0, 0.05) is 50.6 Å². The average Bonchev–Trinajstić information content (AvgIpc) is 3.14. The predicted octanol–water partition coefficient (Wildman–Crippen LogP) is 2.96. The van der Waals surface area contributed by atoms with Crippen molar-refractivity contribution >= 4 is 5.91 Å². The Hall–Kier alpha value is -3.46. The number of rotatable bonds is 8. The summed E-state index contributed by atoms with van der Waals surface area (Å²) >= 11 is 0. The Bertz CT molecular complexity index is 1120. The number of hydrogen-bond acceptors (Lipinski definition) is 7. The number of phenolic OH excluding ortho intramolecular Hbond substituents is 1. The molecule has 0 spiro atoms. The number of carbonyl (C=O) groups is 1. The van der Waals surface area contributed by atoms with Crippen LogP contribution in [0.2, 0.25) is 0 Å². The van der Waals surface area contributed by atoms with E-state index in [2.05, 4.69) is 43.8 Å². The number of aromatic nitrogens is 4.